The predicted molar refractivity (Wildman–Crippen MR) is 110 cm³/mol. The van der Waals surface area contributed by atoms with Crippen LogP contribution in [-0.2, 0) is 6.42 Å². The number of carbonyl (C=O) groups is 1. The summed E-state index contributed by atoms with van der Waals surface area (Å²) < 4.78 is 0. The van der Waals surface area contributed by atoms with Crippen molar-refractivity contribution in [3.63, 3.8) is 0 Å². The molecule has 0 radical (unpaired) electrons. The van der Waals surface area contributed by atoms with Crippen molar-refractivity contribution in [1.82, 2.24) is 20.1 Å². The van der Waals surface area contributed by atoms with Gasteiger partial charge in [0.2, 0.25) is 0 Å². The number of carbonyl (C=O) groups excluding carboxylic acids is 1. The van der Waals surface area contributed by atoms with E-state index in [2.05, 4.69) is 22.1 Å². The van der Waals surface area contributed by atoms with Crippen LogP contribution in [0.15, 0.2) is 29.1 Å². The molecule has 146 valence electrons. The van der Waals surface area contributed by atoms with Crippen LogP contribution in [-0.4, -0.2) is 39.1 Å². The maximum atomic E-state index is 12.9. The third-order valence-corrected chi connectivity index (χ3v) is 5.80. The number of aromatic nitrogens is 3. The molecular weight excluding hydrogens is 352 g/mol. The van der Waals surface area contributed by atoms with E-state index in [0.29, 0.717) is 17.7 Å². The first-order valence-corrected chi connectivity index (χ1v) is 9.88. The first-order chi connectivity index (χ1) is 13.4. The first kappa shape index (κ1) is 18.5. The minimum absolute atomic E-state index is 0.0991. The molecule has 1 aliphatic heterocycles. The highest BCUT2D eigenvalue weighted by Crippen LogP contribution is 2.24. The van der Waals surface area contributed by atoms with E-state index in [1.807, 2.05) is 43.0 Å². The Balaban J connectivity index is 1.63. The van der Waals surface area contributed by atoms with Crippen LogP contribution < -0.4 is 5.56 Å². The molecule has 6 heteroatoms. The maximum Gasteiger partial charge on any atom is 0.273 e. The standard InChI is InChI=1S/C22H26N4O2/c1-13-7-9-26(10-8-13)22(28)17-6-4-5-16(11-17)12-18-19-14(2)23-15(3)20(19)21(27)25-24-18/h4-6,11,13,23H,7-10,12H2,1-3H3,(H,25,27). The first-order valence-electron chi connectivity index (χ1n) is 9.88. The van der Waals surface area contributed by atoms with Gasteiger partial charge in [0.05, 0.1) is 11.1 Å². The molecule has 4 rings (SSSR count). The Morgan fingerprint density at radius 1 is 1.18 bits per heavy atom. The molecule has 0 aliphatic carbocycles. The monoisotopic (exact) mass is 378 g/mol. The van der Waals surface area contributed by atoms with Crippen LogP contribution in [0.25, 0.3) is 10.8 Å². The van der Waals surface area contributed by atoms with Crippen molar-refractivity contribution in [2.45, 2.75) is 40.0 Å². The summed E-state index contributed by atoms with van der Waals surface area (Å²) in [7, 11) is 0. The number of amides is 1. The van der Waals surface area contributed by atoms with Crippen LogP contribution in [0.2, 0.25) is 0 Å². The van der Waals surface area contributed by atoms with E-state index in [-0.39, 0.29) is 11.5 Å². The Labute approximate surface area is 164 Å². The molecule has 0 bridgehead atoms. The molecule has 1 aromatic carbocycles. The van der Waals surface area contributed by atoms with E-state index >= 15 is 0 Å². The second-order valence-electron chi connectivity index (χ2n) is 7.98. The summed E-state index contributed by atoms with van der Waals surface area (Å²) in [6.45, 7) is 7.75. The highest BCUT2D eigenvalue weighted by molar-refractivity contribution is 5.94. The molecule has 0 spiro atoms. The number of hydrogen-bond donors (Lipinski definition) is 2. The fourth-order valence-corrected chi connectivity index (χ4v) is 4.19. The normalized spacial score (nSPS) is 15.3. The van der Waals surface area contributed by atoms with E-state index in [4.69, 9.17) is 0 Å². The Morgan fingerprint density at radius 2 is 1.89 bits per heavy atom. The van der Waals surface area contributed by atoms with Crippen molar-refractivity contribution in [2.75, 3.05) is 13.1 Å². The molecule has 1 amide bonds. The molecule has 3 aromatic rings. The van der Waals surface area contributed by atoms with Crippen molar-refractivity contribution in [3.05, 3.63) is 62.8 Å². The lowest BCUT2D eigenvalue weighted by atomic mass is 9.98. The Kier molecular flexibility index (Phi) is 4.79. The smallest absolute Gasteiger partial charge is 0.273 e. The van der Waals surface area contributed by atoms with Crippen LogP contribution in [0.5, 0.6) is 0 Å². The van der Waals surface area contributed by atoms with Gasteiger partial charge in [-0.3, -0.25) is 9.59 Å². The number of fused-ring (bicyclic) bond motifs is 1. The Morgan fingerprint density at radius 3 is 2.64 bits per heavy atom. The lowest BCUT2D eigenvalue weighted by molar-refractivity contribution is 0.0697. The summed E-state index contributed by atoms with van der Waals surface area (Å²) in [5, 5.41) is 8.45. The summed E-state index contributed by atoms with van der Waals surface area (Å²) in [5.41, 5.74) is 4.15. The molecule has 3 heterocycles. The lowest BCUT2D eigenvalue weighted by Gasteiger charge is -2.30. The summed E-state index contributed by atoms with van der Waals surface area (Å²) in [5.74, 6) is 0.791. The van der Waals surface area contributed by atoms with Gasteiger partial charge in [-0.05, 0) is 50.3 Å². The molecular formula is C22H26N4O2. The third kappa shape index (κ3) is 3.35. The minimum atomic E-state index is -0.177. The van der Waals surface area contributed by atoms with Crippen molar-refractivity contribution < 1.29 is 4.79 Å². The zero-order chi connectivity index (χ0) is 19.8. The Bertz CT molecular complexity index is 1090. The van der Waals surface area contributed by atoms with Gasteiger partial charge in [-0.1, -0.05) is 19.1 Å². The average Bonchev–Trinajstić information content (AvgIpc) is 2.99. The molecule has 1 saturated heterocycles. The zero-order valence-corrected chi connectivity index (χ0v) is 16.6. The topological polar surface area (TPSA) is 81.8 Å². The summed E-state index contributed by atoms with van der Waals surface area (Å²) >= 11 is 0. The van der Waals surface area contributed by atoms with Gasteiger partial charge in [-0.15, -0.1) is 0 Å². The molecule has 1 fully saturated rings. The highest BCUT2D eigenvalue weighted by Gasteiger charge is 2.22. The number of benzene rings is 1. The van der Waals surface area contributed by atoms with Crippen molar-refractivity contribution in [3.8, 4) is 0 Å². The van der Waals surface area contributed by atoms with Gasteiger partial charge in [0.25, 0.3) is 11.5 Å². The van der Waals surface area contributed by atoms with Crippen LogP contribution in [0.3, 0.4) is 0 Å². The van der Waals surface area contributed by atoms with Gasteiger partial charge >= 0.3 is 0 Å². The zero-order valence-electron chi connectivity index (χ0n) is 16.6. The minimum Gasteiger partial charge on any atom is -0.361 e. The second-order valence-corrected chi connectivity index (χ2v) is 7.98. The lowest BCUT2D eigenvalue weighted by Crippen LogP contribution is -2.37. The molecule has 2 N–H and O–H groups in total. The summed E-state index contributed by atoms with van der Waals surface area (Å²) in [6, 6.07) is 7.76. The number of H-pyrrole nitrogens is 2. The number of likely N-dealkylation sites (tertiary alicyclic amines) is 1. The molecule has 0 unspecified atom stereocenters. The molecule has 6 nitrogen and oxygen atoms in total. The number of aryl methyl sites for hydroxylation is 2. The van der Waals surface area contributed by atoms with Gasteiger partial charge in [0.15, 0.2) is 0 Å². The molecule has 0 atom stereocenters. The van der Waals surface area contributed by atoms with Gasteiger partial charge in [-0.2, -0.15) is 5.10 Å². The quantitative estimate of drug-likeness (QED) is 0.733. The van der Waals surface area contributed by atoms with Crippen molar-refractivity contribution in [1.29, 1.82) is 0 Å². The third-order valence-electron chi connectivity index (χ3n) is 5.80. The second kappa shape index (κ2) is 7.26. The van der Waals surface area contributed by atoms with Gasteiger partial charge in [0, 0.05) is 41.8 Å². The summed E-state index contributed by atoms with van der Waals surface area (Å²) in [4.78, 5) is 30.2. The molecule has 0 saturated carbocycles. The number of piperidine rings is 1. The Hall–Kier alpha value is -2.89. The predicted octanol–water partition coefficient (Wildman–Crippen LogP) is 3.33. The maximum absolute atomic E-state index is 12.9. The fourth-order valence-electron chi connectivity index (χ4n) is 4.19. The van der Waals surface area contributed by atoms with Gasteiger partial charge in [0.1, 0.15) is 0 Å². The van der Waals surface area contributed by atoms with E-state index in [0.717, 1.165) is 59.5 Å². The van der Waals surface area contributed by atoms with E-state index in [9.17, 15) is 9.59 Å². The van der Waals surface area contributed by atoms with E-state index in [1.165, 1.54) is 0 Å². The number of hydrogen-bond acceptors (Lipinski definition) is 3. The van der Waals surface area contributed by atoms with E-state index < -0.39 is 0 Å². The number of nitrogens with zero attached hydrogens (tertiary/aromatic N) is 2. The SMILES string of the molecule is Cc1[nH]c(C)c2c(=O)[nH]nc(Cc3cccc(C(=O)N4CCC(C)CC4)c3)c12. The average molecular weight is 378 g/mol. The van der Waals surface area contributed by atoms with Crippen molar-refractivity contribution in [2.24, 2.45) is 5.92 Å². The van der Waals surface area contributed by atoms with Gasteiger partial charge < -0.3 is 9.88 Å². The fraction of sp³-hybridized carbons (Fsp3) is 0.409. The largest absolute Gasteiger partial charge is 0.361 e. The van der Waals surface area contributed by atoms with E-state index in [1.54, 1.807) is 0 Å². The number of nitrogens with one attached hydrogen (secondary N) is 2. The van der Waals surface area contributed by atoms with Gasteiger partial charge in [-0.25, -0.2) is 5.10 Å². The van der Waals surface area contributed by atoms with Crippen LogP contribution in [0.1, 0.15) is 52.8 Å². The molecule has 28 heavy (non-hydrogen) atoms. The molecule has 2 aromatic heterocycles. The van der Waals surface area contributed by atoms with Crippen LogP contribution >= 0.6 is 0 Å². The molecule has 1 aliphatic rings. The van der Waals surface area contributed by atoms with Crippen LogP contribution in [0.4, 0.5) is 0 Å². The van der Waals surface area contributed by atoms with Crippen LogP contribution in [0, 0.1) is 19.8 Å². The van der Waals surface area contributed by atoms with Crippen molar-refractivity contribution >= 4 is 16.7 Å². The summed E-state index contributed by atoms with van der Waals surface area (Å²) in [6.07, 6.45) is 2.69. The number of aromatic amines is 2. The number of rotatable bonds is 3. The highest BCUT2D eigenvalue weighted by atomic mass is 16.2.